The number of benzene rings is 1. The Morgan fingerprint density at radius 3 is 2.47 bits per heavy atom. The fourth-order valence-corrected chi connectivity index (χ4v) is 3.11. The number of hydrogen-bond acceptors (Lipinski definition) is 2. The van der Waals surface area contributed by atoms with E-state index in [2.05, 4.69) is 43.6 Å². The van der Waals surface area contributed by atoms with Gasteiger partial charge in [-0.1, -0.05) is 38.3 Å². The quantitative estimate of drug-likeness (QED) is 0.756. The predicted octanol–water partition coefficient (Wildman–Crippen LogP) is 4.25. The lowest BCUT2D eigenvalue weighted by molar-refractivity contribution is 0.265. The summed E-state index contributed by atoms with van der Waals surface area (Å²) in [6.07, 6.45) is 5.61. The summed E-state index contributed by atoms with van der Waals surface area (Å²) in [5.74, 6) is 2.11. The highest BCUT2D eigenvalue weighted by molar-refractivity contribution is 7.99. The summed E-state index contributed by atoms with van der Waals surface area (Å²) >= 11 is 1.91. The van der Waals surface area contributed by atoms with Crippen molar-refractivity contribution in [3.05, 3.63) is 29.8 Å². The van der Waals surface area contributed by atoms with E-state index in [0.717, 1.165) is 11.7 Å². The average Bonchev–Trinajstić information content (AvgIpc) is 2.30. The largest absolute Gasteiger partial charge is 0.313 e. The first-order chi connectivity index (χ1) is 8.33. The molecule has 2 heteroatoms. The lowest BCUT2D eigenvalue weighted by atomic mass is 9.79. The molecule has 2 rings (SSSR count). The monoisotopic (exact) mass is 249 g/mol. The summed E-state index contributed by atoms with van der Waals surface area (Å²) < 4.78 is 0. The Morgan fingerprint density at radius 1 is 1.29 bits per heavy atom. The molecule has 0 spiro atoms. The Balaban J connectivity index is 1.97. The van der Waals surface area contributed by atoms with Crippen LogP contribution in [0.15, 0.2) is 29.2 Å². The first-order valence-electron chi connectivity index (χ1n) is 6.73. The van der Waals surface area contributed by atoms with Gasteiger partial charge >= 0.3 is 0 Å². The van der Waals surface area contributed by atoms with Crippen LogP contribution in [0.5, 0.6) is 0 Å². The van der Waals surface area contributed by atoms with E-state index < -0.39 is 0 Å². The van der Waals surface area contributed by atoms with Crippen molar-refractivity contribution in [1.29, 1.82) is 0 Å². The van der Waals surface area contributed by atoms with Gasteiger partial charge in [-0.2, -0.15) is 0 Å². The van der Waals surface area contributed by atoms with Crippen molar-refractivity contribution < 1.29 is 0 Å². The van der Waals surface area contributed by atoms with Crippen LogP contribution < -0.4 is 5.32 Å². The van der Waals surface area contributed by atoms with Crippen molar-refractivity contribution in [3.63, 3.8) is 0 Å². The highest BCUT2D eigenvalue weighted by Gasteiger charge is 2.22. The molecule has 0 aromatic heterocycles. The van der Waals surface area contributed by atoms with E-state index in [1.54, 1.807) is 0 Å². The second-order valence-corrected chi connectivity index (χ2v) is 6.21. The molecule has 1 nitrogen and oxygen atoms in total. The van der Waals surface area contributed by atoms with Gasteiger partial charge in [-0.3, -0.25) is 0 Å². The maximum Gasteiger partial charge on any atom is 0.0320 e. The van der Waals surface area contributed by atoms with Crippen molar-refractivity contribution in [2.45, 2.75) is 43.5 Å². The molecule has 0 bridgehead atoms. The third-order valence-electron chi connectivity index (χ3n) is 3.74. The summed E-state index contributed by atoms with van der Waals surface area (Å²) in [7, 11) is 2.08. The van der Waals surface area contributed by atoms with E-state index in [0.29, 0.717) is 6.04 Å². The second-order valence-electron chi connectivity index (χ2n) is 4.88. The summed E-state index contributed by atoms with van der Waals surface area (Å²) in [5.41, 5.74) is 1.44. The van der Waals surface area contributed by atoms with Crippen LogP contribution in [-0.4, -0.2) is 12.8 Å². The van der Waals surface area contributed by atoms with Gasteiger partial charge in [0, 0.05) is 10.9 Å². The third-order valence-corrected chi connectivity index (χ3v) is 4.63. The highest BCUT2D eigenvalue weighted by Crippen LogP contribution is 2.34. The van der Waals surface area contributed by atoms with Crippen LogP contribution in [-0.2, 0) is 0 Å². The fraction of sp³-hybridized carbons (Fsp3) is 0.600. The number of rotatable bonds is 6. The standard InChI is InChI=1S/C15H23NS/c1-3-17-14-9-7-13(8-10-14)15(16-2)11-12-5-4-6-12/h7-10,12,15-16H,3-6,11H2,1-2H3. The van der Waals surface area contributed by atoms with Gasteiger partial charge in [-0.25, -0.2) is 0 Å². The van der Waals surface area contributed by atoms with Gasteiger partial charge in [-0.15, -0.1) is 11.8 Å². The Labute approximate surface area is 109 Å². The molecule has 94 valence electrons. The molecule has 0 radical (unpaired) electrons. The second kappa shape index (κ2) is 6.46. The Bertz CT molecular complexity index is 329. The molecule has 1 aromatic rings. The summed E-state index contributed by atoms with van der Waals surface area (Å²) in [6.45, 7) is 2.20. The SMILES string of the molecule is CCSc1ccc(C(CC2CCC2)NC)cc1. The first kappa shape index (κ1) is 13.0. The molecule has 1 atom stereocenters. The van der Waals surface area contributed by atoms with E-state index in [1.165, 1.54) is 36.1 Å². The molecule has 1 aliphatic carbocycles. The summed E-state index contributed by atoms with van der Waals surface area (Å²) in [6, 6.07) is 9.64. The molecule has 0 amide bonds. The lowest BCUT2D eigenvalue weighted by Gasteiger charge is -2.29. The zero-order chi connectivity index (χ0) is 12.1. The zero-order valence-corrected chi connectivity index (χ0v) is 11.7. The highest BCUT2D eigenvalue weighted by atomic mass is 32.2. The van der Waals surface area contributed by atoms with Gasteiger partial charge < -0.3 is 5.32 Å². The van der Waals surface area contributed by atoms with E-state index in [4.69, 9.17) is 0 Å². The first-order valence-corrected chi connectivity index (χ1v) is 7.72. The van der Waals surface area contributed by atoms with Gasteiger partial charge in [-0.05, 0) is 42.8 Å². The molecule has 0 aliphatic heterocycles. The van der Waals surface area contributed by atoms with E-state index >= 15 is 0 Å². The predicted molar refractivity (Wildman–Crippen MR) is 76.6 cm³/mol. The Kier molecular flexibility index (Phi) is 4.93. The normalized spacial score (nSPS) is 17.8. The van der Waals surface area contributed by atoms with Gasteiger partial charge in [0.25, 0.3) is 0 Å². The molecular weight excluding hydrogens is 226 g/mol. The van der Waals surface area contributed by atoms with Crippen LogP contribution in [0, 0.1) is 5.92 Å². The molecule has 1 aliphatic rings. The van der Waals surface area contributed by atoms with Crippen LogP contribution in [0.25, 0.3) is 0 Å². The Morgan fingerprint density at radius 2 is 2.00 bits per heavy atom. The lowest BCUT2D eigenvalue weighted by Crippen LogP contribution is -2.23. The van der Waals surface area contributed by atoms with Crippen LogP contribution >= 0.6 is 11.8 Å². The van der Waals surface area contributed by atoms with E-state index in [9.17, 15) is 0 Å². The Hall–Kier alpha value is -0.470. The van der Waals surface area contributed by atoms with Crippen LogP contribution in [0.3, 0.4) is 0 Å². The molecule has 0 saturated heterocycles. The topological polar surface area (TPSA) is 12.0 Å². The van der Waals surface area contributed by atoms with Crippen molar-refractivity contribution in [1.82, 2.24) is 5.32 Å². The third kappa shape index (κ3) is 3.49. The van der Waals surface area contributed by atoms with Crippen molar-refractivity contribution >= 4 is 11.8 Å². The molecule has 1 unspecified atom stereocenters. The van der Waals surface area contributed by atoms with Gasteiger partial charge in [0.05, 0.1) is 0 Å². The maximum absolute atomic E-state index is 3.46. The van der Waals surface area contributed by atoms with Crippen LogP contribution in [0.4, 0.5) is 0 Å². The minimum Gasteiger partial charge on any atom is -0.313 e. The fourth-order valence-electron chi connectivity index (χ4n) is 2.45. The number of hydrogen-bond donors (Lipinski definition) is 1. The van der Waals surface area contributed by atoms with E-state index in [-0.39, 0.29) is 0 Å². The minimum absolute atomic E-state index is 0.543. The molecular formula is C15H23NS. The smallest absolute Gasteiger partial charge is 0.0320 e. The van der Waals surface area contributed by atoms with Crippen molar-refractivity contribution in [2.75, 3.05) is 12.8 Å². The van der Waals surface area contributed by atoms with Gasteiger partial charge in [0.2, 0.25) is 0 Å². The minimum atomic E-state index is 0.543. The number of thioether (sulfide) groups is 1. The molecule has 1 aromatic carbocycles. The van der Waals surface area contributed by atoms with Crippen molar-refractivity contribution in [3.8, 4) is 0 Å². The maximum atomic E-state index is 3.46. The molecule has 1 N–H and O–H groups in total. The van der Waals surface area contributed by atoms with Gasteiger partial charge in [0.15, 0.2) is 0 Å². The molecule has 17 heavy (non-hydrogen) atoms. The zero-order valence-electron chi connectivity index (χ0n) is 10.9. The summed E-state index contributed by atoms with van der Waals surface area (Å²) in [5, 5.41) is 3.46. The molecule has 1 fully saturated rings. The van der Waals surface area contributed by atoms with Crippen molar-refractivity contribution in [2.24, 2.45) is 5.92 Å². The average molecular weight is 249 g/mol. The molecule has 1 saturated carbocycles. The molecule has 0 heterocycles. The summed E-state index contributed by atoms with van der Waals surface area (Å²) in [4.78, 5) is 1.38. The number of nitrogens with one attached hydrogen (secondary N) is 1. The van der Waals surface area contributed by atoms with Crippen LogP contribution in [0.1, 0.15) is 44.2 Å². The van der Waals surface area contributed by atoms with Gasteiger partial charge in [0.1, 0.15) is 0 Å². The van der Waals surface area contributed by atoms with Crippen LogP contribution in [0.2, 0.25) is 0 Å². The van der Waals surface area contributed by atoms with E-state index in [1.807, 2.05) is 11.8 Å².